The van der Waals surface area contributed by atoms with E-state index in [0.717, 1.165) is 0 Å². The van der Waals surface area contributed by atoms with Gasteiger partial charge in [0.25, 0.3) is 0 Å². The number of hydrogen-bond acceptors (Lipinski definition) is 1. The summed E-state index contributed by atoms with van der Waals surface area (Å²) in [5.41, 5.74) is 3.59. The highest BCUT2D eigenvalue weighted by Crippen LogP contribution is 2.20. The molecule has 0 unspecified atom stereocenters. The quantitative estimate of drug-likeness (QED) is 0.497. The lowest BCUT2D eigenvalue weighted by Crippen LogP contribution is -1.98. The van der Waals surface area contributed by atoms with Crippen molar-refractivity contribution in [2.45, 2.75) is 6.61 Å². The Labute approximate surface area is 106 Å². The van der Waals surface area contributed by atoms with Gasteiger partial charge < -0.3 is 9.14 Å². The fourth-order valence-corrected chi connectivity index (χ4v) is 2.29. The van der Waals surface area contributed by atoms with Crippen molar-refractivity contribution < 1.29 is 4.74 Å². The van der Waals surface area contributed by atoms with Crippen LogP contribution in [0.4, 0.5) is 0 Å². The summed E-state index contributed by atoms with van der Waals surface area (Å²) in [5, 5.41) is 1.24. The average molecular weight is 237 g/mol. The molecule has 0 aliphatic rings. The molecule has 0 atom stereocenters. The summed E-state index contributed by atoms with van der Waals surface area (Å²) in [5.74, 6) is 0. The third-order valence-electron chi connectivity index (χ3n) is 3.09. The van der Waals surface area contributed by atoms with Crippen LogP contribution in [-0.4, -0.2) is 11.0 Å². The summed E-state index contributed by atoms with van der Waals surface area (Å²) >= 11 is 0. The zero-order chi connectivity index (χ0) is 12.4. The predicted molar refractivity (Wildman–Crippen MR) is 74.8 cm³/mol. The maximum Gasteiger partial charge on any atom is 0.0875 e. The molecule has 0 fully saturated rings. The zero-order valence-corrected chi connectivity index (χ0v) is 10.2. The van der Waals surface area contributed by atoms with E-state index in [2.05, 4.69) is 59.5 Å². The van der Waals surface area contributed by atoms with E-state index in [0.29, 0.717) is 13.2 Å². The summed E-state index contributed by atoms with van der Waals surface area (Å²) in [6.45, 7) is 4.85. The monoisotopic (exact) mass is 237 g/mol. The highest BCUT2D eigenvalue weighted by atomic mass is 16.5. The molecule has 18 heavy (non-hydrogen) atoms. The Morgan fingerprint density at radius 3 is 2.78 bits per heavy atom. The Kier molecular flexibility index (Phi) is 2.87. The van der Waals surface area contributed by atoms with E-state index in [4.69, 9.17) is 4.74 Å². The van der Waals surface area contributed by atoms with Crippen LogP contribution in [0.3, 0.4) is 0 Å². The fourth-order valence-electron chi connectivity index (χ4n) is 2.29. The molecule has 0 aliphatic heterocycles. The van der Waals surface area contributed by atoms with Crippen LogP contribution in [0.1, 0.15) is 5.69 Å². The standard InChI is InChI=1S/C16H15NO/c1-2-11-18-12-15-10-9-14-8-7-13-5-3-4-6-16(13)17(14)15/h2-10H,1,11-12H2. The first-order valence-electron chi connectivity index (χ1n) is 6.07. The molecule has 0 saturated heterocycles. The van der Waals surface area contributed by atoms with E-state index in [1.54, 1.807) is 6.08 Å². The Morgan fingerprint density at radius 2 is 1.89 bits per heavy atom. The minimum absolute atomic E-state index is 0.581. The highest BCUT2D eigenvalue weighted by Gasteiger charge is 2.04. The number of ether oxygens (including phenoxy) is 1. The molecule has 90 valence electrons. The molecule has 0 spiro atoms. The predicted octanol–water partition coefficient (Wildman–Crippen LogP) is 3.80. The van der Waals surface area contributed by atoms with E-state index in [1.807, 2.05) is 0 Å². The molecule has 0 radical (unpaired) electrons. The Hall–Kier alpha value is -2.06. The molecule has 3 rings (SSSR count). The molecular formula is C16H15NO. The first-order valence-corrected chi connectivity index (χ1v) is 6.07. The second kappa shape index (κ2) is 4.67. The van der Waals surface area contributed by atoms with Gasteiger partial charge in [0.15, 0.2) is 0 Å². The van der Waals surface area contributed by atoms with Crippen LogP contribution < -0.4 is 0 Å². The smallest absolute Gasteiger partial charge is 0.0875 e. The zero-order valence-electron chi connectivity index (χ0n) is 10.2. The largest absolute Gasteiger partial charge is 0.371 e. The molecule has 3 aromatic rings. The van der Waals surface area contributed by atoms with E-state index in [1.165, 1.54) is 22.1 Å². The first-order chi connectivity index (χ1) is 8.90. The number of para-hydroxylation sites is 1. The van der Waals surface area contributed by atoms with E-state index < -0.39 is 0 Å². The van der Waals surface area contributed by atoms with Gasteiger partial charge in [-0.1, -0.05) is 30.3 Å². The van der Waals surface area contributed by atoms with Crippen molar-refractivity contribution >= 4 is 16.4 Å². The van der Waals surface area contributed by atoms with Crippen LogP contribution in [0.15, 0.2) is 61.2 Å². The van der Waals surface area contributed by atoms with Crippen molar-refractivity contribution in [3.05, 3.63) is 66.9 Å². The number of fused-ring (bicyclic) bond motifs is 3. The highest BCUT2D eigenvalue weighted by molar-refractivity contribution is 5.83. The number of nitrogens with zero attached hydrogens (tertiary/aromatic N) is 1. The van der Waals surface area contributed by atoms with E-state index in [9.17, 15) is 0 Å². The third kappa shape index (κ3) is 1.81. The van der Waals surface area contributed by atoms with Crippen LogP contribution in [0.5, 0.6) is 0 Å². The molecule has 0 saturated carbocycles. The number of rotatable bonds is 4. The third-order valence-corrected chi connectivity index (χ3v) is 3.09. The number of benzene rings is 1. The van der Waals surface area contributed by atoms with Gasteiger partial charge in [0, 0.05) is 11.2 Å². The normalized spacial score (nSPS) is 11.1. The molecule has 2 heteroatoms. The Morgan fingerprint density at radius 1 is 1.06 bits per heavy atom. The number of pyridine rings is 1. The summed E-state index contributed by atoms with van der Waals surface area (Å²) in [7, 11) is 0. The van der Waals surface area contributed by atoms with Gasteiger partial charge in [-0.3, -0.25) is 0 Å². The van der Waals surface area contributed by atoms with Crippen LogP contribution in [0.2, 0.25) is 0 Å². The number of aromatic nitrogens is 1. The van der Waals surface area contributed by atoms with Crippen molar-refractivity contribution in [2.24, 2.45) is 0 Å². The maximum atomic E-state index is 5.55. The second-order valence-electron chi connectivity index (χ2n) is 4.28. The topological polar surface area (TPSA) is 13.6 Å². The molecule has 0 bridgehead atoms. The molecule has 2 heterocycles. The molecule has 1 aromatic carbocycles. The summed E-state index contributed by atoms with van der Waals surface area (Å²) < 4.78 is 7.79. The summed E-state index contributed by atoms with van der Waals surface area (Å²) in [4.78, 5) is 0. The number of hydrogen-bond donors (Lipinski definition) is 0. The van der Waals surface area contributed by atoms with Crippen molar-refractivity contribution in [1.29, 1.82) is 0 Å². The minimum Gasteiger partial charge on any atom is -0.371 e. The van der Waals surface area contributed by atoms with Crippen molar-refractivity contribution in [3.63, 3.8) is 0 Å². The molecular weight excluding hydrogens is 222 g/mol. The lowest BCUT2D eigenvalue weighted by Gasteiger charge is -2.07. The van der Waals surface area contributed by atoms with Crippen LogP contribution in [0, 0.1) is 0 Å². The molecule has 0 aliphatic carbocycles. The fraction of sp³-hybridized carbons (Fsp3) is 0.125. The molecule has 0 amide bonds. The van der Waals surface area contributed by atoms with E-state index >= 15 is 0 Å². The van der Waals surface area contributed by atoms with Gasteiger partial charge in [0.1, 0.15) is 0 Å². The molecule has 0 N–H and O–H groups in total. The summed E-state index contributed by atoms with van der Waals surface area (Å²) in [6.07, 6.45) is 1.77. The second-order valence-corrected chi connectivity index (χ2v) is 4.28. The average Bonchev–Trinajstić information content (AvgIpc) is 2.83. The van der Waals surface area contributed by atoms with Gasteiger partial charge in [-0.05, 0) is 29.7 Å². The van der Waals surface area contributed by atoms with E-state index in [-0.39, 0.29) is 0 Å². The van der Waals surface area contributed by atoms with Crippen LogP contribution in [-0.2, 0) is 11.3 Å². The van der Waals surface area contributed by atoms with Crippen LogP contribution >= 0.6 is 0 Å². The lowest BCUT2D eigenvalue weighted by atomic mass is 10.2. The first kappa shape index (κ1) is 11.1. The Balaban J connectivity index is 2.14. The van der Waals surface area contributed by atoms with Crippen molar-refractivity contribution in [1.82, 2.24) is 4.40 Å². The SMILES string of the molecule is C=CCOCc1ccc2ccc3ccccc3n12. The van der Waals surface area contributed by atoms with Gasteiger partial charge in [-0.25, -0.2) is 0 Å². The van der Waals surface area contributed by atoms with Crippen LogP contribution in [0.25, 0.3) is 16.4 Å². The van der Waals surface area contributed by atoms with Crippen molar-refractivity contribution in [2.75, 3.05) is 6.61 Å². The summed E-state index contributed by atoms with van der Waals surface area (Å²) in [6, 6.07) is 16.9. The minimum atomic E-state index is 0.581. The van der Waals surface area contributed by atoms with Crippen molar-refractivity contribution in [3.8, 4) is 0 Å². The lowest BCUT2D eigenvalue weighted by molar-refractivity contribution is 0.145. The Bertz CT molecular complexity index is 696. The molecule has 2 aromatic heterocycles. The van der Waals surface area contributed by atoms with Gasteiger partial charge >= 0.3 is 0 Å². The van der Waals surface area contributed by atoms with Gasteiger partial charge in [0.05, 0.1) is 18.7 Å². The van der Waals surface area contributed by atoms with Gasteiger partial charge in [0.2, 0.25) is 0 Å². The van der Waals surface area contributed by atoms with Gasteiger partial charge in [-0.2, -0.15) is 0 Å². The van der Waals surface area contributed by atoms with Gasteiger partial charge in [-0.15, -0.1) is 6.58 Å². The maximum absolute atomic E-state index is 5.55. The molecule has 2 nitrogen and oxygen atoms in total.